The topological polar surface area (TPSA) is 81.2 Å². The fourth-order valence-electron chi connectivity index (χ4n) is 3.03. The number of nitrogens with zero attached hydrogens (tertiary/aromatic N) is 2. The van der Waals surface area contributed by atoms with E-state index in [9.17, 15) is 8.42 Å². The van der Waals surface area contributed by atoms with Gasteiger partial charge in [0.25, 0.3) is 0 Å². The highest BCUT2D eigenvalue weighted by Crippen LogP contribution is 2.31. The van der Waals surface area contributed by atoms with Gasteiger partial charge < -0.3 is 10.1 Å². The highest BCUT2D eigenvalue weighted by Gasteiger charge is 2.20. The third-order valence-electron chi connectivity index (χ3n) is 4.32. The highest BCUT2D eigenvalue weighted by molar-refractivity contribution is 7.90. The average molecular weight is 347 g/mol. The number of benzene rings is 1. The van der Waals surface area contributed by atoms with E-state index in [2.05, 4.69) is 15.3 Å². The molecule has 7 heteroatoms. The first-order valence-electron chi connectivity index (χ1n) is 7.87. The van der Waals surface area contributed by atoms with Crippen LogP contribution >= 0.6 is 0 Å². The number of anilines is 1. The zero-order chi connectivity index (χ0) is 17.3. The molecule has 0 aliphatic heterocycles. The summed E-state index contributed by atoms with van der Waals surface area (Å²) < 4.78 is 28.9. The number of fused-ring (bicyclic) bond motifs is 1. The van der Waals surface area contributed by atoms with Crippen LogP contribution in [0.2, 0.25) is 0 Å². The Hall–Kier alpha value is -2.15. The van der Waals surface area contributed by atoms with Gasteiger partial charge in [-0.05, 0) is 43.9 Å². The summed E-state index contributed by atoms with van der Waals surface area (Å²) in [5.41, 5.74) is 3.23. The van der Waals surface area contributed by atoms with E-state index in [1.54, 1.807) is 24.5 Å². The molecule has 6 nitrogen and oxygen atoms in total. The second-order valence-corrected chi connectivity index (χ2v) is 8.03. The number of hydrogen-bond acceptors (Lipinski definition) is 6. The predicted octanol–water partition coefficient (Wildman–Crippen LogP) is 2.55. The van der Waals surface area contributed by atoms with E-state index >= 15 is 0 Å². The van der Waals surface area contributed by atoms with Crippen LogP contribution in [-0.2, 0) is 22.7 Å². The zero-order valence-electron chi connectivity index (χ0n) is 14.0. The Bertz CT molecular complexity index is 865. The molecule has 2 aromatic rings. The molecule has 1 unspecified atom stereocenters. The summed E-state index contributed by atoms with van der Waals surface area (Å²) in [6.45, 7) is 2.01. The van der Waals surface area contributed by atoms with Crippen LogP contribution in [-0.4, -0.2) is 31.8 Å². The standard InChI is InChI=1S/C17H21N3O3S/c1-11(20-17-13-5-4-6-14(13)18-10-19-17)12-7-8-16(24(3,21)22)15(9-12)23-2/h7-11H,4-6H2,1-3H3,(H,18,19,20). The van der Waals surface area contributed by atoms with Crippen LogP contribution in [0, 0.1) is 0 Å². The van der Waals surface area contributed by atoms with Crippen LogP contribution in [0.4, 0.5) is 5.82 Å². The van der Waals surface area contributed by atoms with Crippen molar-refractivity contribution in [2.24, 2.45) is 0 Å². The second-order valence-electron chi connectivity index (χ2n) is 6.05. The Morgan fingerprint density at radius 1 is 1.25 bits per heavy atom. The number of aromatic nitrogens is 2. The van der Waals surface area contributed by atoms with E-state index in [1.165, 1.54) is 18.9 Å². The monoisotopic (exact) mass is 347 g/mol. The fraction of sp³-hybridized carbons (Fsp3) is 0.412. The summed E-state index contributed by atoms with van der Waals surface area (Å²) in [5, 5.41) is 3.41. The van der Waals surface area contributed by atoms with Gasteiger partial charge in [0.05, 0.1) is 13.2 Å². The lowest BCUT2D eigenvalue weighted by Crippen LogP contribution is -2.11. The molecule has 0 spiro atoms. The van der Waals surface area contributed by atoms with Gasteiger partial charge in [0.15, 0.2) is 9.84 Å². The molecule has 0 bridgehead atoms. The maximum Gasteiger partial charge on any atom is 0.179 e. The van der Waals surface area contributed by atoms with Crippen molar-refractivity contribution in [2.75, 3.05) is 18.7 Å². The smallest absolute Gasteiger partial charge is 0.179 e. The van der Waals surface area contributed by atoms with Gasteiger partial charge in [-0.15, -0.1) is 0 Å². The van der Waals surface area contributed by atoms with Gasteiger partial charge in [0.2, 0.25) is 0 Å². The van der Waals surface area contributed by atoms with Gasteiger partial charge in [-0.25, -0.2) is 18.4 Å². The van der Waals surface area contributed by atoms with Crippen molar-refractivity contribution < 1.29 is 13.2 Å². The number of ether oxygens (including phenoxy) is 1. The number of methoxy groups -OCH3 is 1. The minimum atomic E-state index is -3.32. The summed E-state index contributed by atoms with van der Waals surface area (Å²) in [5.74, 6) is 1.22. The molecule has 3 rings (SSSR count). The van der Waals surface area contributed by atoms with Gasteiger partial charge in [-0.3, -0.25) is 0 Å². The molecule has 0 amide bonds. The summed E-state index contributed by atoms with van der Waals surface area (Å²) in [7, 11) is -1.85. The number of sulfone groups is 1. The van der Waals surface area contributed by atoms with Crippen molar-refractivity contribution in [1.29, 1.82) is 0 Å². The Morgan fingerprint density at radius 2 is 2.04 bits per heavy atom. The molecule has 0 saturated heterocycles. The van der Waals surface area contributed by atoms with Crippen LogP contribution in [0.15, 0.2) is 29.4 Å². The van der Waals surface area contributed by atoms with Gasteiger partial charge in [0, 0.05) is 17.5 Å². The third-order valence-corrected chi connectivity index (χ3v) is 5.45. The number of hydrogen-bond donors (Lipinski definition) is 1. The molecule has 0 radical (unpaired) electrons. The maximum absolute atomic E-state index is 11.8. The lowest BCUT2D eigenvalue weighted by atomic mass is 10.1. The zero-order valence-corrected chi connectivity index (χ0v) is 14.9. The molecule has 1 aromatic carbocycles. The minimum absolute atomic E-state index is 0.0351. The largest absolute Gasteiger partial charge is 0.495 e. The maximum atomic E-state index is 11.8. The van der Waals surface area contributed by atoms with E-state index < -0.39 is 9.84 Å². The molecule has 1 atom stereocenters. The summed E-state index contributed by atoms with van der Waals surface area (Å²) in [4.78, 5) is 8.89. The SMILES string of the molecule is COc1cc(C(C)Nc2ncnc3c2CCC3)ccc1S(C)(=O)=O. The van der Waals surface area contributed by atoms with E-state index in [4.69, 9.17) is 4.74 Å². The van der Waals surface area contributed by atoms with Gasteiger partial charge in [-0.1, -0.05) is 6.07 Å². The van der Waals surface area contributed by atoms with Crippen LogP contribution in [0.1, 0.15) is 36.2 Å². The van der Waals surface area contributed by atoms with E-state index in [-0.39, 0.29) is 10.9 Å². The molecule has 128 valence electrons. The molecule has 1 aliphatic rings. The lowest BCUT2D eigenvalue weighted by molar-refractivity contribution is 0.402. The second kappa shape index (κ2) is 6.39. The van der Waals surface area contributed by atoms with Gasteiger partial charge in [-0.2, -0.15) is 0 Å². The van der Waals surface area contributed by atoms with Crippen LogP contribution in [0.5, 0.6) is 5.75 Å². The molecule has 1 N–H and O–H groups in total. The first-order valence-corrected chi connectivity index (χ1v) is 9.76. The first kappa shape index (κ1) is 16.7. The van der Waals surface area contributed by atoms with Crippen LogP contribution in [0.3, 0.4) is 0 Å². The van der Waals surface area contributed by atoms with Crippen molar-refractivity contribution in [3.63, 3.8) is 0 Å². The van der Waals surface area contributed by atoms with Gasteiger partial charge >= 0.3 is 0 Å². The molecular weight excluding hydrogens is 326 g/mol. The molecule has 1 heterocycles. The van der Waals surface area contributed by atoms with E-state index in [0.29, 0.717) is 5.75 Å². The Kier molecular flexibility index (Phi) is 4.45. The normalized spacial score (nSPS) is 15.0. The van der Waals surface area contributed by atoms with Crippen molar-refractivity contribution in [2.45, 2.75) is 37.1 Å². The van der Waals surface area contributed by atoms with Gasteiger partial charge in [0.1, 0.15) is 22.8 Å². The number of rotatable bonds is 5. The minimum Gasteiger partial charge on any atom is -0.495 e. The summed E-state index contributed by atoms with van der Waals surface area (Å²) in [6, 6.07) is 5.12. The summed E-state index contributed by atoms with van der Waals surface area (Å²) in [6.07, 6.45) is 5.86. The predicted molar refractivity (Wildman–Crippen MR) is 92.2 cm³/mol. The average Bonchev–Trinajstić information content (AvgIpc) is 3.03. The molecular formula is C17H21N3O3S. The third kappa shape index (κ3) is 3.21. The molecule has 1 aromatic heterocycles. The van der Waals surface area contributed by atoms with Crippen LogP contribution < -0.4 is 10.1 Å². The Balaban J connectivity index is 1.88. The van der Waals surface area contributed by atoms with E-state index in [1.807, 2.05) is 6.92 Å². The van der Waals surface area contributed by atoms with Crippen molar-refractivity contribution in [1.82, 2.24) is 9.97 Å². The number of nitrogens with one attached hydrogen (secondary N) is 1. The quantitative estimate of drug-likeness (QED) is 0.895. The van der Waals surface area contributed by atoms with Crippen molar-refractivity contribution >= 4 is 15.7 Å². The number of aryl methyl sites for hydroxylation is 1. The van der Waals surface area contributed by atoms with Crippen molar-refractivity contribution in [3.8, 4) is 5.75 Å². The molecule has 24 heavy (non-hydrogen) atoms. The Morgan fingerprint density at radius 3 is 2.75 bits per heavy atom. The Labute approximate surface area is 142 Å². The first-order chi connectivity index (χ1) is 11.4. The highest BCUT2D eigenvalue weighted by atomic mass is 32.2. The molecule has 1 aliphatic carbocycles. The molecule has 0 saturated carbocycles. The van der Waals surface area contributed by atoms with Crippen molar-refractivity contribution in [3.05, 3.63) is 41.3 Å². The fourth-order valence-corrected chi connectivity index (χ4v) is 3.86. The van der Waals surface area contributed by atoms with Crippen LogP contribution in [0.25, 0.3) is 0 Å². The molecule has 0 fully saturated rings. The van der Waals surface area contributed by atoms with E-state index in [0.717, 1.165) is 36.3 Å². The summed E-state index contributed by atoms with van der Waals surface area (Å²) >= 11 is 0. The lowest BCUT2D eigenvalue weighted by Gasteiger charge is -2.18.